The molecule has 1 N–H and O–H groups in total. The van der Waals surface area contributed by atoms with Crippen LogP contribution in [0, 0.1) is 0 Å². The van der Waals surface area contributed by atoms with Crippen molar-refractivity contribution in [2.75, 3.05) is 45.1 Å². The smallest absolute Gasteiger partial charge is 0.227 e. The van der Waals surface area contributed by atoms with Crippen LogP contribution in [0.15, 0.2) is 72.9 Å². The van der Waals surface area contributed by atoms with Gasteiger partial charge in [-0.15, -0.1) is 12.4 Å². The SMILES string of the molecule is CN1CCN(CCc2ccc(Nc3ncc4c(n3)-c3ccccc3[C@H](c3ccc(Cl)c(Cl)c3)C4)cc2)CC1.Cl. The minimum Gasteiger partial charge on any atom is -0.324 e. The van der Waals surface area contributed by atoms with Gasteiger partial charge in [0.05, 0.1) is 15.7 Å². The van der Waals surface area contributed by atoms with Crippen molar-refractivity contribution in [2.24, 2.45) is 0 Å². The highest BCUT2D eigenvalue weighted by Crippen LogP contribution is 2.43. The van der Waals surface area contributed by atoms with Crippen LogP contribution in [0.1, 0.15) is 28.2 Å². The molecule has 4 aromatic rings. The summed E-state index contributed by atoms with van der Waals surface area (Å²) in [5.41, 5.74) is 7.98. The van der Waals surface area contributed by atoms with Crippen LogP contribution in [0.5, 0.6) is 0 Å². The van der Waals surface area contributed by atoms with Crippen molar-refractivity contribution in [3.05, 3.63) is 105 Å². The van der Waals surface area contributed by atoms with Crippen molar-refractivity contribution in [3.63, 3.8) is 0 Å². The Morgan fingerprint density at radius 3 is 2.46 bits per heavy atom. The summed E-state index contributed by atoms with van der Waals surface area (Å²) in [4.78, 5) is 14.6. The first-order valence-electron chi connectivity index (χ1n) is 13.2. The van der Waals surface area contributed by atoms with E-state index in [1.165, 1.54) is 11.1 Å². The van der Waals surface area contributed by atoms with Gasteiger partial charge in [-0.25, -0.2) is 9.97 Å². The number of fused-ring (bicyclic) bond motifs is 3. The van der Waals surface area contributed by atoms with E-state index in [2.05, 4.69) is 81.7 Å². The van der Waals surface area contributed by atoms with Crippen LogP contribution in [0.25, 0.3) is 11.3 Å². The Hall–Kier alpha value is -2.67. The van der Waals surface area contributed by atoms with Crippen LogP contribution in [-0.4, -0.2) is 59.5 Å². The first-order valence-corrected chi connectivity index (χ1v) is 14.0. The van der Waals surface area contributed by atoms with Gasteiger partial charge in [0.1, 0.15) is 0 Å². The fourth-order valence-electron chi connectivity index (χ4n) is 5.47. The van der Waals surface area contributed by atoms with Crippen LogP contribution >= 0.6 is 35.6 Å². The molecule has 0 unspecified atom stereocenters. The molecule has 1 saturated heterocycles. The maximum absolute atomic E-state index is 6.36. The molecule has 6 rings (SSSR count). The molecule has 0 amide bonds. The molecule has 1 fully saturated rings. The zero-order valence-electron chi connectivity index (χ0n) is 21.9. The quantitative estimate of drug-likeness (QED) is 0.264. The lowest BCUT2D eigenvalue weighted by Crippen LogP contribution is -2.45. The summed E-state index contributed by atoms with van der Waals surface area (Å²) in [6, 6.07) is 23.0. The molecule has 2 aliphatic rings. The molecular weight excluding hydrogens is 549 g/mol. The Morgan fingerprint density at radius 2 is 1.69 bits per heavy atom. The molecular formula is C31H32Cl3N5. The van der Waals surface area contributed by atoms with E-state index >= 15 is 0 Å². The van der Waals surface area contributed by atoms with Crippen LogP contribution in [0.2, 0.25) is 10.0 Å². The number of likely N-dealkylation sites (N-methyl/N-ethyl adjacent to an activating group) is 1. The van der Waals surface area contributed by atoms with E-state index in [0.717, 1.165) is 73.6 Å². The number of hydrogen-bond acceptors (Lipinski definition) is 5. The lowest BCUT2D eigenvalue weighted by Gasteiger charge is -2.32. The van der Waals surface area contributed by atoms with E-state index in [9.17, 15) is 0 Å². The Balaban J connectivity index is 0.00000308. The second-order valence-electron chi connectivity index (χ2n) is 10.3. The van der Waals surface area contributed by atoms with Gasteiger partial charge in [-0.05, 0) is 66.4 Å². The first-order chi connectivity index (χ1) is 18.5. The first kappa shape index (κ1) is 27.9. The number of anilines is 2. The molecule has 0 spiro atoms. The Labute approximate surface area is 246 Å². The molecule has 1 aliphatic carbocycles. The lowest BCUT2D eigenvalue weighted by atomic mass is 9.78. The molecule has 0 radical (unpaired) electrons. The molecule has 1 atom stereocenters. The predicted octanol–water partition coefficient (Wildman–Crippen LogP) is 7.09. The standard InChI is InChI=1S/C31H31Cl2N5.ClH/c1-37-14-16-38(17-15-37)13-12-21-6-9-24(10-7-21)35-31-34-20-23-18-27(22-8-11-28(32)29(33)19-22)25-4-2-3-5-26(25)30(23)36-31;/h2-11,19-20,27H,12-18H2,1H3,(H,34,35,36);1H/t27-;/m0./s1. The van der Waals surface area contributed by atoms with Crippen molar-refractivity contribution in [2.45, 2.75) is 18.8 Å². The summed E-state index contributed by atoms with van der Waals surface area (Å²) < 4.78 is 0. The van der Waals surface area contributed by atoms with Gasteiger partial charge in [0.15, 0.2) is 0 Å². The molecule has 1 aromatic heterocycles. The number of hydrogen-bond donors (Lipinski definition) is 1. The molecule has 39 heavy (non-hydrogen) atoms. The fraction of sp³-hybridized carbons (Fsp3) is 0.290. The van der Waals surface area contributed by atoms with Crippen LogP contribution in [0.3, 0.4) is 0 Å². The topological polar surface area (TPSA) is 44.3 Å². The molecule has 202 valence electrons. The van der Waals surface area contributed by atoms with Gasteiger partial charge in [0, 0.05) is 56.1 Å². The molecule has 1 aliphatic heterocycles. The van der Waals surface area contributed by atoms with E-state index < -0.39 is 0 Å². The highest BCUT2D eigenvalue weighted by atomic mass is 35.5. The Bertz CT molecular complexity index is 1430. The summed E-state index contributed by atoms with van der Waals surface area (Å²) in [5, 5.41) is 4.56. The third-order valence-electron chi connectivity index (χ3n) is 7.75. The Kier molecular flexibility index (Phi) is 8.75. The van der Waals surface area contributed by atoms with Gasteiger partial charge in [-0.2, -0.15) is 0 Å². The molecule has 2 heterocycles. The average Bonchev–Trinajstić information content (AvgIpc) is 2.95. The number of aromatic nitrogens is 2. The summed E-state index contributed by atoms with van der Waals surface area (Å²) in [5.74, 6) is 0.783. The largest absolute Gasteiger partial charge is 0.324 e. The van der Waals surface area contributed by atoms with Gasteiger partial charge in [-0.3, -0.25) is 0 Å². The summed E-state index contributed by atoms with van der Waals surface area (Å²) >= 11 is 12.5. The van der Waals surface area contributed by atoms with Gasteiger partial charge >= 0.3 is 0 Å². The highest BCUT2D eigenvalue weighted by Gasteiger charge is 2.27. The van der Waals surface area contributed by atoms with Crippen molar-refractivity contribution in [1.82, 2.24) is 19.8 Å². The zero-order chi connectivity index (χ0) is 26.1. The van der Waals surface area contributed by atoms with E-state index in [1.54, 1.807) is 0 Å². The predicted molar refractivity (Wildman–Crippen MR) is 164 cm³/mol. The van der Waals surface area contributed by atoms with Crippen LogP contribution in [0.4, 0.5) is 11.6 Å². The number of rotatable bonds is 6. The average molecular weight is 581 g/mol. The van der Waals surface area contributed by atoms with Crippen molar-refractivity contribution < 1.29 is 0 Å². The Morgan fingerprint density at radius 1 is 0.923 bits per heavy atom. The van der Waals surface area contributed by atoms with E-state index in [0.29, 0.717) is 16.0 Å². The summed E-state index contributed by atoms with van der Waals surface area (Å²) in [6.45, 7) is 5.73. The minimum atomic E-state index is 0. The maximum Gasteiger partial charge on any atom is 0.227 e. The second kappa shape index (κ2) is 12.2. The summed E-state index contributed by atoms with van der Waals surface area (Å²) in [6.07, 6.45) is 3.83. The number of benzene rings is 3. The van der Waals surface area contributed by atoms with Crippen LogP contribution < -0.4 is 5.32 Å². The van der Waals surface area contributed by atoms with Gasteiger partial charge in [-0.1, -0.05) is 65.7 Å². The molecule has 3 aromatic carbocycles. The van der Waals surface area contributed by atoms with Crippen molar-refractivity contribution >= 4 is 47.2 Å². The van der Waals surface area contributed by atoms with Gasteiger partial charge in [0.25, 0.3) is 0 Å². The number of nitrogens with one attached hydrogen (secondary N) is 1. The maximum atomic E-state index is 6.36. The monoisotopic (exact) mass is 579 g/mol. The highest BCUT2D eigenvalue weighted by molar-refractivity contribution is 6.42. The third kappa shape index (κ3) is 6.24. The molecule has 5 nitrogen and oxygen atoms in total. The fourth-order valence-corrected chi connectivity index (χ4v) is 5.77. The summed E-state index contributed by atoms with van der Waals surface area (Å²) in [7, 11) is 2.20. The molecule has 8 heteroatoms. The third-order valence-corrected chi connectivity index (χ3v) is 8.49. The van der Waals surface area contributed by atoms with Crippen LogP contribution in [-0.2, 0) is 12.8 Å². The van der Waals surface area contributed by atoms with E-state index in [-0.39, 0.29) is 18.3 Å². The van der Waals surface area contributed by atoms with Crippen molar-refractivity contribution in [3.8, 4) is 11.3 Å². The lowest BCUT2D eigenvalue weighted by molar-refractivity contribution is 0.155. The van der Waals surface area contributed by atoms with Gasteiger partial charge in [0.2, 0.25) is 5.95 Å². The minimum absolute atomic E-state index is 0. The number of piperazine rings is 1. The molecule has 0 saturated carbocycles. The van der Waals surface area contributed by atoms with Gasteiger partial charge < -0.3 is 15.1 Å². The van der Waals surface area contributed by atoms with Crippen molar-refractivity contribution in [1.29, 1.82) is 0 Å². The zero-order valence-corrected chi connectivity index (χ0v) is 24.2. The number of nitrogens with zero attached hydrogens (tertiary/aromatic N) is 4. The normalized spacial score (nSPS) is 17.2. The molecule has 0 bridgehead atoms. The number of halogens is 3. The van der Waals surface area contributed by atoms with E-state index in [4.69, 9.17) is 28.2 Å². The second-order valence-corrected chi connectivity index (χ2v) is 11.1. The van der Waals surface area contributed by atoms with E-state index in [1.807, 2.05) is 18.3 Å².